The van der Waals surface area contributed by atoms with E-state index in [0.717, 1.165) is 17.3 Å². The van der Waals surface area contributed by atoms with Crippen LogP contribution in [0.25, 0.3) is 0 Å². The highest BCUT2D eigenvalue weighted by atomic mass is 35.5. The largest absolute Gasteiger partial charge is 0.370 e. The molecule has 1 rings (SSSR count). The molecule has 1 aromatic heterocycles. The zero-order valence-corrected chi connectivity index (χ0v) is 10.4. The van der Waals surface area contributed by atoms with Gasteiger partial charge in [0.25, 0.3) is 0 Å². The van der Waals surface area contributed by atoms with Crippen LogP contribution in [0.15, 0.2) is 17.1 Å². The van der Waals surface area contributed by atoms with Crippen LogP contribution in [0.2, 0.25) is 10.3 Å². The van der Waals surface area contributed by atoms with Crippen LogP contribution in [0.4, 0.5) is 0 Å². The quantitative estimate of drug-likeness (QED) is 0.436. The fraction of sp³-hybridized carbons (Fsp3) is 0.125. The molecule has 0 radical (unpaired) electrons. The average molecular weight is 278 g/mol. The van der Waals surface area contributed by atoms with Crippen LogP contribution >= 0.6 is 35.0 Å². The number of thioether (sulfide) groups is 1. The van der Waals surface area contributed by atoms with Gasteiger partial charge in [-0.15, -0.1) is 0 Å². The average Bonchev–Trinajstić information content (AvgIpc) is 2.15. The van der Waals surface area contributed by atoms with Gasteiger partial charge in [-0.3, -0.25) is 5.41 Å². The summed E-state index contributed by atoms with van der Waals surface area (Å²) >= 11 is 12.6. The molecule has 5 nitrogen and oxygen atoms in total. The molecule has 0 aliphatic carbocycles. The summed E-state index contributed by atoms with van der Waals surface area (Å²) in [7, 11) is 0. The Balaban J connectivity index is 2.62. The third-order valence-corrected chi connectivity index (χ3v) is 2.84. The summed E-state index contributed by atoms with van der Waals surface area (Å²) in [6.07, 6.45) is 0. The number of guanidine groups is 1. The van der Waals surface area contributed by atoms with Crippen molar-refractivity contribution >= 4 is 46.1 Å². The molecule has 16 heavy (non-hydrogen) atoms. The zero-order valence-electron chi connectivity index (χ0n) is 8.08. The molecule has 0 fully saturated rings. The molecule has 0 unspecified atom stereocenters. The minimum atomic E-state index is -0.141. The highest BCUT2D eigenvalue weighted by Gasteiger charge is 2.04. The van der Waals surface area contributed by atoms with E-state index in [0.29, 0.717) is 16.1 Å². The van der Waals surface area contributed by atoms with Gasteiger partial charge in [0.15, 0.2) is 11.1 Å². The molecule has 0 amide bonds. The number of nitrogens with two attached hydrogens (primary N) is 2. The molecule has 0 saturated heterocycles. The van der Waals surface area contributed by atoms with E-state index in [9.17, 15) is 0 Å². The lowest BCUT2D eigenvalue weighted by Gasteiger charge is -2.02. The maximum atomic E-state index is 7.41. The van der Waals surface area contributed by atoms with Crippen LogP contribution in [0.1, 0.15) is 5.56 Å². The summed E-state index contributed by atoms with van der Waals surface area (Å²) in [5.41, 5.74) is 11.0. The van der Waals surface area contributed by atoms with Crippen molar-refractivity contribution in [3.63, 3.8) is 0 Å². The highest BCUT2D eigenvalue weighted by Crippen LogP contribution is 2.22. The smallest absolute Gasteiger partial charge is 0.193 e. The van der Waals surface area contributed by atoms with Crippen molar-refractivity contribution in [2.45, 2.75) is 5.75 Å². The van der Waals surface area contributed by atoms with E-state index in [4.69, 9.17) is 40.1 Å². The molecule has 86 valence electrons. The number of amidine groups is 1. The second kappa shape index (κ2) is 5.93. The van der Waals surface area contributed by atoms with Gasteiger partial charge in [-0.1, -0.05) is 41.0 Å². The Morgan fingerprint density at radius 3 is 2.69 bits per heavy atom. The second-order valence-electron chi connectivity index (χ2n) is 2.71. The van der Waals surface area contributed by atoms with Crippen molar-refractivity contribution < 1.29 is 0 Å². The standard InChI is InChI=1S/C8H9Cl2N5S/c9-5-2-1-4(6(10)14-5)3-16-8(13)15-7(11)12/h1-2H,3H2,(H5,11,12,13,15). The van der Waals surface area contributed by atoms with Gasteiger partial charge in [-0.2, -0.15) is 4.99 Å². The number of nitrogens with zero attached hydrogens (tertiary/aromatic N) is 2. The topological polar surface area (TPSA) is 101 Å². The predicted octanol–water partition coefficient (Wildman–Crippen LogP) is 1.83. The fourth-order valence-electron chi connectivity index (χ4n) is 0.844. The number of aliphatic imine (C=N–C) groups is 1. The Bertz CT molecular complexity index is 430. The minimum Gasteiger partial charge on any atom is -0.370 e. The minimum absolute atomic E-state index is 0.0195. The molecule has 0 atom stereocenters. The molecule has 1 aromatic rings. The third-order valence-electron chi connectivity index (χ3n) is 1.49. The van der Waals surface area contributed by atoms with Crippen molar-refractivity contribution in [2.24, 2.45) is 16.5 Å². The molecule has 0 saturated carbocycles. The molecular formula is C8H9Cl2N5S. The first-order chi connectivity index (χ1) is 7.49. The van der Waals surface area contributed by atoms with Gasteiger partial charge in [0, 0.05) is 5.75 Å². The Labute approximate surface area is 107 Å². The molecule has 0 aromatic carbocycles. The third kappa shape index (κ3) is 4.26. The maximum absolute atomic E-state index is 7.41. The van der Waals surface area contributed by atoms with Crippen LogP contribution < -0.4 is 11.5 Å². The summed E-state index contributed by atoms with van der Waals surface area (Å²) in [5.74, 6) is 0.316. The van der Waals surface area contributed by atoms with Crippen molar-refractivity contribution in [3.8, 4) is 0 Å². The number of halogens is 2. The highest BCUT2D eigenvalue weighted by molar-refractivity contribution is 8.13. The second-order valence-corrected chi connectivity index (χ2v) is 4.42. The lowest BCUT2D eigenvalue weighted by Crippen LogP contribution is -2.23. The van der Waals surface area contributed by atoms with Crippen LogP contribution in [-0.2, 0) is 5.75 Å². The number of rotatable bonds is 2. The van der Waals surface area contributed by atoms with Crippen molar-refractivity contribution in [2.75, 3.05) is 0 Å². The summed E-state index contributed by atoms with van der Waals surface area (Å²) in [4.78, 5) is 7.44. The van der Waals surface area contributed by atoms with E-state index < -0.39 is 0 Å². The Kier molecular flexibility index (Phi) is 4.85. The van der Waals surface area contributed by atoms with Gasteiger partial charge in [0.2, 0.25) is 0 Å². The number of hydrogen-bond acceptors (Lipinski definition) is 3. The molecule has 0 bridgehead atoms. The summed E-state index contributed by atoms with van der Waals surface area (Å²) < 4.78 is 0. The summed E-state index contributed by atoms with van der Waals surface area (Å²) in [6.45, 7) is 0. The number of nitrogens with one attached hydrogen (secondary N) is 1. The maximum Gasteiger partial charge on any atom is 0.193 e. The molecule has 0 aliphatic rings. The first-order valence-electron chi connectivity index (χ1n) is 4.11. The summed E-state index contributed by atoms with van der Waals surface area (Å²) in [6, 6.07) is 3.38. The number of aromatic nitrogens is 1. The summed E-state index contributed by atoms with van der Waals surface area (Å²) in [5, 5.41) is 8.08. The van der Waals surface area contributed by atoms with Gasteiger partial charge in [0.05, 0.1) is 0 Å². The predicted molar refractivity (Wildman–Crippen MR) is 69.1 cm³/mol. The normalized spacial score (nSPS) is 9.88. The van der Waals surface area contributed by atoms with Gasteiger partial charge in [0.1, 0.15) is 10.3 Å². The lowest BCUT2D eigenvalue weighted by atomic mass is 10.3. The van der Waals surface area contributed by atoms with Crippen LogP contribution in [0.5, 0.6) is 0 Å². The van der Waals surface area contributed by atoms with E-state index >= 15 is 0 Å². The van der Waals surface area contributed by atoms with E-state index in [1.165, 1.54) is 0 Å². The van der Waals surface area contributed by atoms with E-state index in [-0.39, 0.29) is 11.1 Å². The first-order valence-corrected chi connectivity index (χ1v) is 5.85. The van der Waals surface area contributed by atoms with E-state index in [1.54, 1.807) is 12.1 Å². The SMILES string of the molecule is N=C(N=C(N)N)SCc1ccc(Cl)nc1Cl. The van der Waals surface area contributed by atoms with Crippen LogP contribution in [0, 0.1) is 5.41 Å². The Hall–Kier alpha value is -0.980. The van der Waals surface area contributed by atoms with Crippen molar-refractivity contribution in [3.05, 3.63) is 28.0 Å². The zero-order chi connectivity index (χ0) is 12.1. The lowest BCUT2D eigenvalue weighted by molar-refractivity contribution is 1.25. The molecule has 8 heteroatoms. The Morgan fingerprint density at radius 1 is 1.44 bits per heavy atom. The first kappa shape index (κ1) is 13.1. The van der Waals surface area contributed by atoms with Crippen molar-refractivity contribution in [1.29, 1.82) is 5.41 Å². The molecule has 0 spiro atoms. The monoisotopic (exact) mass is 277 g/mol. The Morgan fingerprint density at radius 2 is 2.12 bits per heavy atom. The molecule has 5 N–H and O–H groups in total. The number of hydrogen-bond donors (Lipinski definition) is 3. The molecular weight excluding hydrogens is 269 g/mol. The molecule has 1 heterocycles. The number of pyridine rings is 1. The van der Waals surface area contributed by atoms with Crippen molar-refractivity contribution in [1.82, 2.24) is 4.98 Å². The van der Waals surface area contributed by atoms with Gasteiger partial charge >= 0.3 is 0 Å². The van der Waals surface area contributed by atoms with Crippen LogP contribution in [-0.4, -0.2) is 16.1 Å². The van der Waals surface area contributed by atoms with Gasteiger partial charge < -0.3 is 11.5 Å². The van der Waals surface area contributed by atoms with Gasteiger partial charge in [-0.05, 0) is 11.6 Å². The fourth-order valence-corrected chi connectivity index (χ4v) is 2.03. The van der Waals surface area contributed by atoms with E-state index in [2.05, 4.69) is 9.98 Å². The van der Waals surface area contributed by atoms with Crippen LogP contribution in [0.3, 0.4) is 0 Å². The molecule has 0 aliphatic heterocycles. The van der Waals surface area contributed by atoms with Gasteiger partial charge in [-0.25, -0.2) is 4.98 Å². The van der Waals surface area contributed by atoms with E-state index in [1.807, 2.05) is 0 Å².